The first kappa shape index (κ1) is 22.5. The maximum Gasteiger partial charge on any atom is 0.262 e. The number of methoxy groups -OCH3 is 1. The second kappa shape index (κ2) is 10.2. The lowest BCUT2D eigenvalue weighted by molar-refractivity contribution is -0.118. The molecule has 3 aromatic carbocycles. The zero-order chi connectivity index (χ0) is 22.4. The zero-order valence-corrected chi connectivity index (χ0v) is 19.0. The van der Waals surface area contributed by atoms with Crippen LogP contribution in [0.15, 0.2) is 54.6 Å². The lowest BCUT2D eigenvalue weighted by Crippen LogP contribution is -2.20. The Bertz CT molecular complexity index is 1080. The first-order chi connectivity index (χ1) is 14.9. The standard InChI is InChI=1S/C25H27ClN2O3/c1-16-7-5-9-20(11-16)28-24(29)15-31-25-21(26)12-19(13-23(25)30-4)14-27-22-10-6-8-17(2)18(22)3/h5-13,27H,14-15H2,1-4H3,(H,28,29). The summed E-state index contributed by atoms with van der Waals surface area (Å²) in [6.45, 7) is 6.54. The molecule has 3 rings (SSSR count). The number of ether oxygens (including phenoxy) is 2. The molecule has 0 aliphatic rings. The van der Waals surface area contributed by atoms with E-state index in [2.05, 4.69) is 30.5 Å². The molecule has 3 aromatic rings. The zero-order valence-electron chi connectivity index (χ0n) is 18.2. The van der Waals surface area contributed by atoms with Crippen molar-refractivity contribution in [1.29, 1.82) is 0 Å². The molecule has 2 N–H and O–H groups in total. The van der Waals surface area contributed by atoms with Crippen molar-refractivity contribution < 1.29 is 14.3 Å². The van der Waals surface area contributed by atoms with Crippen LogP contribution >= 0.6 is 11.6 Å². The number of nitrogens with one attached hydrogen (secondary N) is 2. The van der Waals surface area contributed by atoms with Crippen LogP contribution in [0, 0.1) is 20.8 Å². The van der Waals surface area contributed by atoms with Crippen molar-refractivity contribution in [1.82, 2.24) is 0 Å². The monoisotopic (exact) mass is 438 g/mol. The SMILES string of the molecule is COc1cc(CNc2cccc(C)c2C)cc(Cl)c1OCC(=O)Nc1cccc(C)c1. The van der Waals surface area contributed by atoms with Crippen LogP contribution in [0.3, 0.4) is 0 Å². The molecule has 0 aromatic heterocycles. The topological polar surface area (TPSA) is 59.6 Å². The molecule has 0 radical (unpaired) electrons. The van der Waals surface area contributed by atoms with Crippen molar-refractivity contribution in [3.8, 4) is 11.5 Å². The van der Waals surface area contributed by atoms with Crippen LogP contribution in [0.4, 0.5) is 11.4 Å². The lowest BCUT2D eigenvalue weighted by Gasteiger charge is -2.16. The van der Waals surface area contributed by atoms with E-state index in [1.807, 2.05) is 55.5 Å². The molecule has 162 valence electrons. The Labute approximate surface area is 188 Å². The number of anilines is 2. The number of hydrogen-bond donors (Lipinski definition) is 2. The second-order valence-corrected chi connectivity index (χ2v) is 7.82. The van der Waals surface area contributed by atoms with Gasteiger partial charge < -0.3 is 20.1 Å². The van der Waals surface area contributed by atoms with Gasteiger partial charge in [-0.3, -0.25) is 4.79 Å². The maximum atomic E-state index is 12.3. The highest BCUT2D eigenvalue weighted by Crippen LogP contribution is 2.36. The van der Waals surface area contributed by atoms with E-state index in [0.29, 0.717) is 23.1 Å². The van der Waals surface area contributed by atoms with Crippen LogP contribution in [0.2, 0.25) is 5.02 Å². The molecule has 31 heavy (non-hydrogen) atoms. The van der Waals surface area contributed by atoms with Crippen molar-refractivity contribution in [3.63, 3.8) is 0 Å². The summed E-state index contributed by atoms with van der Waals surface area (Å²) in [6, 6.07) is 17.4. The largest absolute Gasteiger partial charge is 0.493 e. The van der Waals surface area contributed by atoms with E-state index in [0.717, 1.165) is 22.5 Å². The van der Waals surface area contributed by atoms with Crippen LogP contribution < -0.4 is 20.1 Å². The fraction of sp³-hybridized carbons (Fsp3) is 0.240. The van der Waals surface area contributed by atoms with Crippen LogP contribution in [-0.4, -0.2) is 19.6 Å². The molecule has 0 bridgehead atoms. The normalized spacial score (nSPS) is 10.5. The molecule has 0 saturated heterocycles. The third-order valence-electron chi connectivity index (χ3n) is 5.03. The van der Waals surface area contributed by atoms with Gasteiger partial charge >= 0.3 is 0 Å². The molecule has 0 saturated carbocycles. The first-order valence-electron chi connectivity index (χ1n) is 10.0. The molecular weight excluding hydrogens is 412 g/mol. The fourth-order valence-electron chi connectivity index (χ4n) is 3.21. The Morgan fingerprint density at radius 3 is 2.55 bits per heavy atom. The van der Waals surface area contributed by atoms with E-state index in [1.165, 1.54) is 11.1 Å². The van der Waals surface area contributed by atoms with Crippen LogP contribution in [0.1, 0.15) is 22.3 Å². The molecule has 0 spiro atoms. The molecule has 0 atom stereocenters. The highest BCUT2D eigenvalue weighted by atomic mass is 35.5. The molecule has 0 fully saturated rings. The van der Waals surface area contributed by atoms with Crippen LogP contribution in [0.5, 0.6) is 11.5 Å². The van der Waals surface area contributed by atoms with Gasteiger partial charge in [0.1, 0.15) is 0 Å². The summed E-state index contributed by atoms with van der Waals surface area (Å²) < 4.78 is 11.1. The summed E-state index contributed by atoms with van der Waals surface area (Å²) in [5, 5.41) is 6.63. The van der Waals surface area contributed by atoms with Gasteiger partial charge in [-0.25, -0.2) is 0 Å². The molecule has 0 heterocycles. The number of aryl methyl sites for hydroxylation is 2. The average Bonchev–Trinajstić information content (AvgIpc) is 2.73. The summed E-state index contributed by atoms with van der Waals surface area (Å²) >= 11 is 6.45. The minimum atomic E-state index is -0.274. The number of benzene rings is 3. The van der Waals surface area contributed by atoms with Crippen molar-refractivity contribution in [2.75, 3.05) is 24.4 Å². The molecule has 0 aliphatic carbocycles. The quantitative estimate of drug-likeness (QED) is 0.459. The Balaban J connectivity index is 1.66. The van der Waals surface area contributed by atoms with E-state index in [-0.39, 0.29) is 12.5 Å². The predicted molar refractivity (Wildman–Crippen MR) is 127 cm³/mol. The number of halogens is 1. The Hall–Kier alpha value is -3.18. The molecule has 0 aliphatic heterocycles. The van der Waals surface area contributed by atoms with Gasteiger partial charge in [-0.15, -0.1) is 0 Å². The highest BCUT2D eigenvalue weighted by molar-refractivity contribution is 6.32. The van der Waals surface area contributed by atoms with E-state index in [1.54, 1.807) is 7.11 Å². The number of carbonyl (C=O) groups is 1. The lowest BCUT2D eigenvalue weighted by atomic mass is 10.1. The van der Waals surface area contributed by atoms with E-state index < -0.39 is 0 Å². The van der Waals surface area contributed by atoms with Crippen LogP contribution in [-0.2, 0) is 11.3 Å². The van der Waals surface area contributed by atoms with Gasteiger partial charge in [-0.2, -0.15) is 0 Å². The minimum Gasteiger partial charge on any atom is -0.493 e. The van der Waals surface area contributed by atoms with Crippen molar-refractivity contribution in [3.05, 3.63) is 81.9 Å². The van der Waals surface area contributed by atoms with E-state index in [9.17, 15) is 4.79 Å². The van der Waals surface area contributed by atoms with Gasteiger partial charge in [0, 0.05) is 17.9 Å². The van der Waals surface area contributed by atoms with Gasteiger partial charge in [-0.05, 0) is 73.4 Å². The summed E-state index contributed by atoms with van der Waals surface area (Å²) in [7, 11) is 1.55. The minimum absolute atomic E-state index is 0.176. The van der Waals surface area contributed by atoms with Crippen molar-refractivity contribution in [2.24, 2.45) is 0 Å². The third-order valence-corrected chi connectivity index (χ3v) is 5.31. The number of rotatable bonds is 8. The Kier molecular flexibility index (Phi) is 7.42. The number of hydrogen-bond acceptors (Lipinski definition) is 4. The summed E-state index contributed by atoms with van der Waals surface area (Å²) in [5.41, 5.74) is 6.24. The second-order valence-electron chi connectivity index (χ2n) is 7.42. The van der Waals surface area contributed by atoms with Crippen LogP contribution in [0.25, 0.3) is 0 Å². The number of carbonyl (C=O) groups excluding carboxylic acids is 1. The third kappa shape index (κ3) is 5.92. The van der Waals surface area contributed by atoms with Gasteiger partial charge in [-0.1, -0.05) is 35.9 Å². The van der Waals surface area contributed by atoms with Gasteiger partial charge in [0.2, 0.25) is 0 Å². The smallest absolute Gasteiger partial charge is 0.262 e. The molecule has 6 heteroatoms. The molecule has 5 nitrogen and oxygen atoms in total. The van der Waals surface area contributed by atoms with Crippen molar-refractivity contribution >= 4 is 28.9 Å². The summed E-state index contributed by atoms with van der Waals surface area (Å²) in [4.78, 5) is 12.3. The van der Waals surface area contributed by atoms with Gasteiger partial charge in [0.15, 0.2) is 18.1 Å². The summed E-state index contributed by atoms with van der Waals surface area (Å²) in [6.07, 6.45) is 0. The Morgan fingerprint density at radius 1 is 1.03 bits per heavy atom. The number of amides is 1. The van der Waals surface area contributed by atoms with E-state index >= 15 is 0 Å². The predicted octanol–water partition coefficient (Wildman–Crippen LogP) is 5.90. The Morgan fingerprint density at radius 2 is 1.81 bits per heavy atom. The van der Waals surface area contributed by atoms with E-state index in [4.69, 9.17) is 21.1 Å². The maximum absolute atomic E-state index is 12.3. The average molecular weight is 439 g/mol. The van der Waals surface area contributed by atoms with Crippen molar-refractivity contribution in [2.45, 2.75) is 27.3 Å². The first-order valence-corrected chi connectivity index (χ1v) is 10.4. The molecule has 1 amide bonds. The van der Waals surface area contributed by atoms with Gasteiger partial charge in [0.05, 0.1) is 12.1 Å². The molecule has 0 unspecified atom stereocenters. The fourth-order valence-corrected chi connectivity index (χ4v) is 3.50. The highest BCUT2D eigenvalue weighted by Gasteiger charge is 2.14. The molecular formula is C25H27ClN2O3. The summed E-state index contributed by atoms with van der Waals surface area (Å²) in [5.74, 6) is 0.553. The van der Waals surface area contributed by atoms with Gasteiger partial charge in [0.25, 0.3) is 5.91 Å².